The van der Waals surface area contributed by atoms with E-state index in [2.05, 4.69) is 12.2 Å². The number of piperidine rings is 1. The lowest BCUT2D eigenvalue weighted by atomic mass is 9.81. The van der Waals surface area contributed by atoms with E-state index in [0.717, 1.165) is 18.4 Å². The Balaban J connectivity index is 1.93. The molecule has 1 aliphatic carbocycles. The van der Waals surface area contributed by atoms with E-state index in [1.807, 2.05) is 0 Å². The maximum Gasteiger partial charge on any atom is 0.0610 e. The Morgan fingerprint density at radius 1 is 1.33 bits per heavy atom. The van der Waals surface area contributed by atoms with E-state index in [0.29, 0.717) is 0 Å². The molecule has 2 rings (SSSR count). The zero-order chi connectivity index (χ0) is 8.60. The van der Waals surface area contributed by atoms with Gasteiger partial charge < -0.3 is 10.4 Å². The first-order valence-corrected chi connectivity index (χ1v) is 5.09. The first kappa shape index (κ1) is 8.52. The van der Waals surface area contributed by atoms with Gasteiger partial charge in [-0.05, 0) is 51.0 Å². The predicted octanol–water partition coefficient (Wildman–Crippen LogP) is 1.15. The molecule has 2 fully saturated rings. The van der Waals surface area contributed by atoms with Gasteiger partial charge >= 0.3 is 0 Å². The first-order chi connectivity index (χ1) is 5.73. The van der Waals surface area contributed by atoms with Crippen LogP contribution >= 0.6 is 0 Å². The molecule has 12 heavy (non-hydrogen) atoms. The van der Waals surface area contributed by atoms with Crippen LogP contribution in [0.1, 0.15) is 32.6 Å². The van der Waals surface area contributed by atoms with Gasteiger partial charge in [-0.2, -0.15) is 0 Å². The Morgan fingerprint density at radius 3 is 2.67 bits per heavy atom. The third-order valence-electron chi connectivity index (χ3n) is 3.42. The van der Waals surface area contributed by atoms with Gasteiger partial charge in [0.25, 0.3) is 0 Å². The minimum absolute atomic E-state index is 0.0194. The normalized spacial score (nSPS) is 43.0. The molecular weight excluding hydrogens is 150 g/mol. The molecule has 2 nitrogen and oxygen atoms in total. The highest BCUT2D eigenvalue weighted by Gasteiger charge is 2.38. The van der Waals surface area contributed by atoms with Crippen molar-refractivity contribution < 1.29 is 5.11 Å². The van der Waals surface area contributed by atoms with Crippen molar-refractivity contribution in [2.24, 2.45) is 11.8 Å². The third-order valence-corrected chi connectivity index (χ3v) is 3.42. The summed E-state index contributed by atoms with van der Waals surface area (Å²) in [5.74, 6) is 1.89. The number of aliphatic hydroxyl groups is 1. The minimum atomic E-state index is 0.0194. The summed E-state index contributed by atoms with van der Waals surface area (Å²) < 4.78 is 0. The maximum absolute atomic E-state index is 9.21. The zero-order valence-corrected chi connectivity index (χ0v) is 7.84. The Bertz CT molecular complexity index is 167. The van der Waals surface area contributed by atoms with Crippen molar-refractivity contribution >= 4 is 0 Å². The summed E-state index contributed by atoms with van der Waals surface area (Å²) in [6.45, 7) is 3.52. The van der Waals surface area contributed by atoms with E-state index < -0.39 is 0 Å². The highest BCUT2D eigenvalue weighted by atomic mass is 16.3. The van der Waals surface area contributed by atoms with Gasteiger partial charge in [-0.25, -0.2) is 0 Å². The average Bonchev–Trinajstić information content (AvgIpc) is 2.87. The zero-order valence-electron chi connectivity index (χ0n) is 7.84. The lowest BCUT2D eigenvalue weighted by Gasteiger charge is -2.38. The van der Waals surface area contributed by atoms with E-state index in [1.165, 1.54) is 25.7 Å². The standard InChI is InChI=1S/C10H19NO/c1-10(7-12)6-9(4-5-11-10)8-2-3-8/h8-9,11-12H,2-7H2,1H3. The smallest absolute Gasteiger partial charge is 0.0610 e. The molecule has 2 aliphatic rings. The van der Waals surface area contributed by atoms with Crippen LogP contribution in [0, 0.1) is 11.8 Å². The number of aliphatic hydroxyl groups excluding tert-OH is 1. The number of hydrogen-bond acceptors (Lipinski definition) is 2. The molecule has 2 N–H and O–H groups in total. The molecule has 2 heteroatoms. The molecule has 0 aromatic rings. The Hall–Kier alpha value is -0.0800. The van der Waals surface area contributed by atoms with Crippen LogP contribution in [0.4, 0.5) is 0 Å². The summed E-state index contributed by atoms with van der Waals surface area (Å²) in [6.07, 6.45) is 5.37. The summed E-state index contributed by atoms with van der Waals surface area (Å²) >= 11 is 0. The van der Waals surface area contributed by atoms with Gasteiger partial charge in [-0.15, -0.1) is 0 Å². The van der Waals surface area contributed by atoms with Crippen LogP contribution in [0.15, 0.2) is 0 Å². The van der Waals surface area contributed by atoms with Crippen LogP contribution in [0.3, 0.4) is 0 Å². The SMILES string of the molecule is CC1(CO)CC(C2CC2)CCN1. The van der Waals surface area contributed by atoms with Crippen LogP contribution in [0.25, 0.3) is 0 Å². The number of nitrogens with one attached hydrogen (secondary N) is 1. The molecule has 0 spiro atoms. The lowest BCUT2D eigenvalue weighted by molar-refractivity contribution is 0.113. The van der Waals surface area contributed by atoms with Gasteiger partial charge in [0, 0.05) is 5.54 Å². The maximum atomic E-state index is 9.21. The summed E-state index contributed by atoms with van der Waals surface area (Å²) in [6, 6.07) is 0. The van der Waals surface area contributed by atoms with Crippen molar-refractivity contribution in [2.75, 3.05) is 13.2 Å². The fourth-order valence-electron chi connectivity index (χ4n) is 2.40. The molecule has 1 saturated carbocycles. The second-order valence-electron chi connectivity index (χ2n) is 4.74. The van der Waals surface area contributed by atoms with Crippen molar-refractivity contribution in [1.29, 1.82) is 0 Å². The summed E-state index contributed by atoms with van der Waals surface area (Å²) in [7, 11) is 0. The van der Waals surface area contributed by atoms with E-state index in [-0.39, 0.29) is 12.1 Å². The van der Waals surface area contributed by atoms with Crippen molar-refractivity contribution in [3.05, 3.63) is 0 Å². The first-order valence-electron chi connectivity index (χ1n) is 5.09. The van der Waals surface area contributed by atoms with Crippen LogP contribution in [0.2, 0.25) is 0 Å². The van der Waals surface area contributed by atoms with Gasteiger partial charge in [0.1, 0.15) is 0 Å². The predicted molar refractivity (Wildman–Crippen MR) is 48.9 cm³/mol. The molecule has 1 heterocycles. The fourth-order valence-corrected chi connectivity index (χ4v) is 2.40. The molecule has 2 unspecified atom stereocenters. The van der Waals surface area contributed by atoms with E-state index in [1.54, 1.807) is 0 Å². The monoisotopic (exact) mass is 169 g/mol. The fraction of sp³-hybridized carbons (Fsp3) is 1.00. The van der Waals surface area contributed by atoms with Crippen molar-refractivity contribution in [1.82, 2.24) is 5.32 Å². The summed E-state index contributed by atoms with van der Waals surface area (Å²) in [5, 5.41) is 12.6. The minimum Gasteiger partial charge on any atom is -0.394 e. The number of hydrogen-bond donors (Lipinski definition) is 2. The Labute approximate surface area is 74.4 Å². The van der Waals surface area contributed by atoms with Crippen molar-refractivity contribution in [3.8, 4) is 0 Å². The molecule has 0 aromatic heterocycles. The molecule has 0 bridgehead atoms. The van der Waals surface area contributed by atoms with Crippen LogP contribution in [-0.2, 0) is 0 Å². The van der Waals surface area contributed by atoms with E-state index in [9.17, 15) is 5.11 Å². The van der Waals surface area contributed by atoms with Gasteiger partial charge in [0.15, 0.2) is 0 Å². The van der Waals surface area contributed by atoms with Crippen LogP contribution in [0.5, 0.6) is 0 Å². The molecule has 1 saturated heterocycles. The van der Waals surface area contributed by atoms with Crippen LogP contribution in [-0.4, -0.2) is 23.8 Å². The van der Waals surface area contributed by atoms with Gasteiger partial charge in [-0.1, -0.05) is 0 Å². The van der Waals surface area contributed by atoms with Gasteiger partial charge in [-0.3, -0.25) is 0 Å². The Kier molecular flexibility index (Phi) is 2.13. The third kappa shape index (κ3) is 1.64. The molecule has 0 aromatic carbocycles. The Morgan fingerprint density at radius 2 is 2.08 bits per heavy atom. The number of rotatable bonds is 2. The quantitative estimate of drug-likeness (QED) is 0.650. The second kappa shape index (κ2) is 3.00. The largest absolute Gasteiger partial charge is 0.394 e. The van der Waals surface area contributed by atoms with E-state index >= 15 is 0 Å². The molecular formula is C10H19NO. The second-order valence-corrected chi connectivity index (χ2v) is 4.74. The molecule has 2 atom stereocenters. The highest BCUT2D eigenvalue weighted by Crippen LogP contribution is 2.43. The van der Waals surface area contributed by atoms with Gasteiger partial charge in [0.05, 0.1) is 6.61 Å². The summed E-state index contributed by atoms with van der Waals surface area (Å²) in [4.78, 5) is 0. The molecule has 0 amide bonds. The molecule has 1 aliphatic heterocycles. The van der Waals surface area contributed by atoms with Crippen molar-refractivity contribution in [2.45, 2.75) is 38.1 Å². The van der Waals surface area contributed by atoms with Gasteiger partial charge in [0.2, 0.25) is 0 Å². The summed E-state index contributed by atoms with van der Waals surface area (Å²) in [5.41, 5.74) is 0.0194. The van der Waals surface area contributed by atoms with Crippen LogP contribution < -0.4 is 5.32 Å². The van der Waals surface area contributed by atoms with E-state index in [4.69, 9.17) is 0 Å². The highest BCUT2D eigenvalue weighted by molar-refractivity contribution is 4.94. The lowest BCUT2D eigenvalue weighted by Crippen LogP contribution is -2.51. The average molecular weight is 169 g/mol. The topological polar surface area (TPSA) is 32.3 Å². The molecule has 70 valence electrons. The molecule has 0 radical (unpaired) electrons. The van der Waals surface area contributed by atoms with Crippen molar-refractivity contribution in [3.63, 3.8) is 0 Å².